The van der Waals surface area contributed by atoms with Gasteiger partial charge in [0.1, 0.15) is 0 Å². The summed E-state index contributed by atoms with van der Waals surface area (Å²) in [7, 11) is 1.41. The van der Waals surface area contributed by atoms with E-state index in [2.05, 4.69) is 6.92 Å². The summed E-state index contributed by atoms with van der Waals surface area (Å²) in [4.78, 5) is 0. The van der Waals surface area contributed by atoms with Crippen LogP contribution in [0, 0.1) is 0 Å². The summed E-state index contributed by atoms with van der Waals surface area (Å²) in [6, 6.07) is 1.50. The van der Waals surface area contributed by atoms with Crippen LogP contribution in [0.15, 0.2) is 0 Å². The van der Waals surface area contributed by atoms with Gasteiger partial charge in [0.25, 0.3) is 0 Å². The van der Waals surface area contributed by atoms with Gasteiger partial charge in [-0.2, -0.15) is 0 Å². The van der Waals surface area contributed by atoms with Gasteiger partial charge in [-0.25, -0.2) is 0 Å². The zero-order valence-corrected chi connectivity index (χ0v) is 8.24. The van der Waals surface area contributed by atoms with Gasteiger partial charge >= 0.3 is 0 Å². The van der Waals surface area contributed by atoms with Gasteiger partial charge in [0, 0.05) is 10.2 Å². The Labute approximate surface area is 56.1 Å². The summed E-state index contributed by atoms with van der Waals surface area (Å²) >= 11 is 0. The van der Waals surface area contributed by atoms with Gasteiger partial charge in [0.2, 0.25) is 0 Å². The molecule has 0 aliphatic carbocycles. The molecule has 0 aliphatic heterocycles. The Morgan fingerprint density at radius 2 is 1.62 bits per heavy atom. The Kier molecular flexibility index (Phi) is 7.41. The first-order valence-corrected chi connectivity index (χ1v) is 5.33. The fraction of sp³-hybridized carbons (Fsp3) is 1.00. The standard InChI is InChI=1S/C7H18Si/c1-2-3-4-5-6-7-8/h2-7H2,1,8H3. The van der Waals surface area contributed by atoms with Crippen molar-refractivity contribution in [1.29, 1.82) is 0 Å². The maximum Gasteiger partial charge on any atom is 0.00279 e. The molecule has 0 spiro atoms. The van der Waals surface area contributed by atoms with Crippen molar-refractivity contribution in [3.05, 3.63) is 0 Å². The first-order chi connectivity index (χ1) is 3.91. The Morgan fingerprint density at radius 3 is 2.12 bits per heavy atom. The average Bonchev–Trinajstić information content (AvgIpc) is 1.81. The Hall–Kier alpha value is 0.217. The highest BCUT2D eigenvalue weighted by Crippen LogP contribution is 2.02. The normalized spacial score (nSPS) is 10.1. The van der Waals surface area contributed by atoms with Crippen molar-refractivity contribution in [3.63, 3.8) is 0 Å². The second-order valence-corrected chi connectivity index (χ2v) is 3.41. The van der Waals surface area contributed by atoms with Gasteiger partial charge in [0.05, 0.1) is 0 Å². The molecule has 0 atom stereocenters. The lowest BCUT2D eigenvalue weighted by atomic mass is 10.2. The minimum Gasteiger partial charge on any atom is -0.0658 e. The molecule has 0 aromatic carbocycles. The van der Waals surface area contributed by atoms with E-state index in [1.165, 1.54) is 48.4 Å². The van der Waals surface area contributed by atoms with Gasteiger partial charge in [0.15, 0.2) is 0 Å². The van der Waals surface area contributed by atoms with Crippen molar-refractivity contribution in [3.8, 4) is 0 Å². The molecular formula is C7H18Si. The summed E-state index contributed by atoms with van der Waals surface area (Å²) in [6.07, 6.45) is 7.27. The van der Waals surface area contributed by atoms with Crippen LogP contribution in [-0.2, 0) is 0 Å². The van der Waals surface area contributed by atoms with Crippen LogP contribution in [0.4, 0.5) is 0 Å². The first-order valence-electron chi connectivity index (χ1n) is 3.91. The van der Waals surface area contributed by atoms with Crippen molar-refractivity contribution in [2.75, 3.05) is 0 Å². The highest BCUT2D eigenvalue weighted by atomic mass is 28.1. The summed E-state index contributed by atoms with van der Waals surface area (Å²) in [5.74, 6) is 0. The van der Waals surface area contributed by atoms with E-state index in [0.717, 1.165) is 0 Å². The van der Waals surface area contributed by atoms with Crippen LogP contribution in [0.25, 0.3) is 0 Å². The molecule has 0 heterocycles. The lowest BCUT2D eigenvalue weighted by molar-refractivity contribution is 0.656. The zero-order chi connectivity index (χ0) is 6.24. The molecule has 0 unspecified atom stereocenters. The van der Waals surface area contributed by atoms with Crippen molar-refractivity contribution in [1.82, 2.24) is 0 Å². The highest BCUT2D eigenvalue weighted by Gasteiger charge is 1.83. The topological polar surface area (TPSA) is 0 Å². The number of rotatable bonds is 5. The maximum absolute atomic E-state index is 2.26. The molecule has 8 heavy (non-hydrogen) atoms. The molecule has 0 amide bonds. The van der Waals surface area contributed by atoms with E-state index in [1.54, 1.807) is 0 Å². The average molecular weight is 130 g/mol. The third-order valence-electron chi connectivity index (χ3n) is 1.46. The van der Waals surface area contributed by atoms with Crippen molar-refractivity contribution >= 4 is 10.2 Å². The molecule has 0 radical (unpaired) electrons. The zero-order valence-electron chi connectivity index (χ0n) is 6.24. The van der Waals surface area contributed by atoms with Crippen LogP contribution in [-0.4, -0.2) is 10.2 Å². The molecule has 0 nitrogen and oxygen atoms in total. The molecular weight excluding hydrogens is 112 g/mol. The van der Waals surface area contributed by atoms with Crippen LogP contribution < -0.4 is 0 Å². The van der Waals surface area contributed by atoms with E-state index >= 15 is 0 Å². The van der Waals surface area contributed by atoms with Crippen LogP contribution in [0.1, 0.15) is 39.0 Å². The number of unbranched alkanes of at least 4 members (excludes halogenated alkanes) is 4. The quantitative estimate of drug-likeness (QED) is 0.393. The van der Waals surface area contributed by atoms with Crippen LogP contribution in [0.5, 0.6) is 0 Å². The minimum absolute atomic E-state index is 1.38. The largest absolute Gasteiger partial charge is 0.0658 e. The van der Waals surface area contributed by atoms with E-state index in [4.69, 9.17) is 0 Å². The molecule has 0 aromatic heterocycles. The summed E-state index contributed by atoms with van der Waals surface area (Å²) < 4.78 is 0. The Balaban J connectivity index is 2.53. The lowest BCUT2D eigenvalue weighted by Crippen LogP contribution is -1.75. The van der Waals surface area contributed by atoms with Gasteiger partial charge in [-0.15, -0.1) is 0 Å². The van der Waals surface area contributed by atoms with Crippen LogP contribution >= 0.6 is 0 Å². The second kappa shape index (κ2) is 7.22. The molecule has 50 valence electrons. The van der Waals surface area contributed by atoms with Gasteiger partial charge in [-0.3, -0.25) is 0 Å². The molecule has 0 aliphatic rings. The fourth-order valence-corrected chi connectivity index (χ4v) is 1.35. The predicted molar refractivity (Wildman–Crippen MR) is 43.5 cm³/mol. The van der Waals surface area contributed by atoms with Crippen LogP contribution in [0.2, 0.25) is 6.04 Å². The Bertz CT molecular complexity index is 29.4. The maximum atomic E-state index is 2.26. The van der Waals surface area contributed by atoms with Crippen LogP contribution in [0.3, 0.4) is 0 Å². The van der Waals surface area contributed by atoms with Crippen molar-refractivity contribution < 1.29 is 0 Å². The monoisotopic (exact) mass is 130 g/mol. The van der Waals surface area contributed by atoms with Gasteiger partial charge in [-0.1, -0.05) is 45.1 Å². The number of hydrogen-bond acceptors (Lipinski definition) is 0. The summed E-state index contributed by atoms with van der Waals surface area (Å²) in [5, 5.41) is 0. The van der Waals surface area contributed by atoms with Gasteiger partial charge < -0.3 is 0 Å². The van der Waals surface area contributed by atoms with Crippen molar-refractivity contribution in [2.24, 2.45) is 0 Å². The highest BCUT2D eigenvalue weighted by molar-refractivity contribution is 6.08. The summed E-state index contributed by atoms with van der Waals surface area (Å²) in [6.45, 7) is 2.26. The van der Waals surface area contributed by atoms with E-state index in [1.807, 2.05) is 0 Å². The Morgan fingerprint density at radius 1 is 1.00 bits per heavy atom. The first kappa shape index (κ1) is 8.22. The van der Waals surface area contributed by atoms with Crippen molar-refractivity contribution in [2.45, 2.75) is 45.1 Å². The van der Waals surface area contributed by atoms with E-state index in [9.17, 15) is 0 Å². The molecule has 0 aromatic rings. The molecule has 0 N–H and O–H groups in total. The third kappa shape index (κ3) is 6.22. The van der Waals surface area contributed by atoms with E-state index in [0.29, 0.717) is 0 Å². The molecule has 0 saturated heterocycles. The summed E-state index contributed by atoms with van der Waals surface area (Å²) in [5.41, 5.74) is 0. The molecule has 0 saturated carbocycles. The molecule has 1 heteroatoms. The molecule has 0 rings (SSSR count). The SMILES string of the molecule is CCCCCCC[SiH3]. The smallest absolute Gasteiger partial charge is 0.00279 e. The third-order valence-corrected chi connectivity index (χ3v) is 2.16. The molecule has 0 bridgehead atoms. The minimum atomic E-state index is 1.38. The van der Waals surface area contributed by atoms with E-state index in [-0.39, 0.29) is 0 Å². The second-order valence-electron chi connectivity index (χ2n) is 2.41. The fourth-order valence-electron chi connectivity index (χ4n) is 0.854. The molecule has 0 fully saturated rings. The van der Waals surface area contributed by atoms with E-state index < -0.39 is 0 Å². The number of hydrogen-bond donors (Lipinski definition) is 0. The van der Waals surface area contributed by atoms with Gasteiger partial charge in [-0.05, 0) is 0 Å². The lowest BCUT2D eigenvalue weighted by Gasteiger charge is -1.93. The predicted octanol–water partition coefficient (Wildman–Crippen LogP) is 1.74.